The Kier molecular flexibility index (Phi) is 8.54. The topological polar surface area (TPSA) is 71.2 Å². The molecule has 0 fully saturated rings. The van der Waals surface area contributed by atoms with Gasteiger partial charge in [0.2, 0.25) is 0 Å². The molecule has 5 rings (SSSR count). The van der Waals surface area contributed by atoms with E-state index in [2.05, 4.69) is 5.10 Å². The van der Waals surface area contributed by atoms with Crippen LogP contribution in [0.15, 0.2) is 114 Å². The molecule has 6 nitrogen and oxygen atoms in total. The number of hydrogen-bond acceptors (Lipinski definition) is 5. The summed E-state index contributed by atoms with van der Waals surface area (Å²) in [6, 6.07) is 30.4. The van der Waals surface area contributed by atoms with Gasteiger partial charge in [0.25, 0.3) is 0 Å². The van der Waals surface area contributed by atoms with E-state index in [0.29, 0.717) is 25.1 Å². The molecule has 4 aromatic rings. The second-order valence-electron chi connectivity index (χ2n) is 9.16. The Morgan fingerprint density at radius 2 is 1.57 bits per heavy atom. The van der Waals surface area contributed by atoms with Crippen molar-refractivity contribution in [3.05, 3.63) is 138 Å². The summed E-state index contributed by atoms with van der Waals surface area (Å²) in [5, 5.41) is 7.34. The Morgan fingerprint density at radius 1 is 0.925 bits per heavy atom. The average molecular weight is 559 g/mol. The molecular formula is C31H28F2N4O2S. The molecule has 9 heteroatoms. The Labute approximate surface area is 236 Å². The molecule has 2 amide bonds. The number of halogens is 2. The fraction of sp³-hybridized carbons (Fsp3) is 0.161. The molecule has 0 aromatic heterocycles. The largest absolute Gasteiger partial charge is 0.370 e. The van der Waals surface area contributed by atoms with Gasteiger partial charge in [0.1, 0.15) is 28.2 Å². The van der Waals surface area contributed by atoms with Gasteiger partial charge in [-0.05, 0) is 60.8 Å². The zero-order valence-corrected chi connectivity index (χ0v) is 22.4. The third kappa shape index (κ3) is 5.77. The summed E-state index contributed by atoms with van der Waals surface area (Å²) < 4.78 is 29.2. The van der Waals surface area contributed by atoms with Crippen molar-refractivity contribution < 1.29 is 18.4 Å². The summed E-state index contributed by atoms with van der Waals surface area (Å²) in [6.07, 6.45) is 0.964. The van der Waals surface area contributed by atoms with E-state index in [-0.39, 0.29) is 17.2 Å². The lowest BCUT2D eigenvalue weighted by molar-refractivity contribution is 0.0791. The maximum Gasteiger partial charge on any atom is 0.370 e. The predicted molar refractivity (Wildman–Crippen MR) is 154 cm³/mol. The molecule has 1 atom stereocenters. The summed E-state index contributed by atoms with van der Waals surface area (Å²) in [5.41, 5.74) is 8.04. The van der Waals surface area contributed by atoms with Gasteiger partial charge < -0.3 is 5.73 Å². The minimum Gasteiger partial charge on any atom is -0.330 e. The van der Waals surface area contributed by atoms with Crippen LogP contribution in [0, 0.1) is 11.6 Å². The first-order valence-corrected chi connectivity index (χ1v) is 13.7. The second-order valence-corrected chi connectivity index (χ2v) is 10.4. The molecule has 40 heavy (non-hydrogen) atoms. The maximum atomic E-state index is 15.0. The number of nitrogens with zero attached hydrogens (tertiary/aromatic N) is 3. The number of amides is 2. The van der Waals surface area contributed by atoms with Crippen molar-refractivity contribution in [3.63, 3.8) is 0 Å². The van der Waals surface area contributed by atoms with Gasteiger partial charge in [0, 0.05) is 5.56 Å². The van der Waals surface area contributed by atoms with Crippen molar-refractivity contribution >= 4 is 28.5 Å². The van der Waals surface area contributed by atoms with Crippen LogP contribution >= 0.6 is 11.8 Å². The van der Waals surface area contributed by atoms with Gasteiger partial charge in [0.15, 0.2) is 0 Å². The quantitative estimate of drug-likeness (QED) is 0.224. The highest BCUT2D eigenvalue weighted by atomic mass is 32.2. The third-order valence-corrected chi connectivity index (χ3v) is 7.90. The number of rotatable bonds is 9. The number of nitrogens with two attached hydrogens (primary N) is 1. The summed E-state index contributed by atoms with van der Waals surface area (Å²) in [4.78, 5) is 19.5. The molecule has 0 aliphatic carbocycles. The lowest BCUT2D eigenvalue weighted by atomic mass is 10.0. The first-order chi connectivity index (χ1) is 19.5. The molecule has 4 aromatic carbocycles. The summed E-state index contributed by atoms with van der Waals surface area (Å²) >= 11 is 1.20. The predicted octanol–water partition coefficient (Wildman–Crippen LogP) is 7.03. The van der Waals surface area contributed by atoms with Gasteiger partial charge in [0.05, 0.1) is 5.69 Å². The molecule has 1 heterocycles. The molecule has 204 valence electrons. The van der Waals surface area contributed by atoms with Gasteiger partial charge in [-0.15, -0.1) is 0 Å². The van der Waals surface area contributed by atoms with Crippen LogP contribution < -0.4 is 10.8 Å². The number of carbonyl (C=O) groups excluding carboxylic acids is 1. The minimum atomic E-state index is -1.09. The number of para-hydroxylation sites is 1. The van der Waals surface area contributed by atoms with E-state index in [1.165, 1.54) is 21.8 Å². The SMILES string of the molecule is NCCCC1(c2ccccc2)SC(c2cc(F)ccc2F)=NN1C(=O)N(OCc1ccccc1)c1ccccc1. The zero-order chi connectivity index (χ0) is 28.0. The molecule has 2 N–H and O–H groups in total. The van der Waals surface area contributed by atoms with Crippen molar-refractivity contribution in [3.8, 4) is 0 Å². The van der Waals surface area contributed by atoms with Gasteiger partial charge in [-0.2, -0.15) is 15.2 Å². The number of carbonyl (C=O) groups is 1. The fourth-order valence-corrected chi connectivity index (χ4v) is 5.90. The van der Waals surface area contributed by atoms with E-state index in [1.54, 1.807) is 24.3 Å². The fourth-order valence-electron chi connectivity index (χ4n) is 4.49. The highest BCUT2D eigenvalue weighted by molar-refractivity contribution is 8.15. The van der Waals surface area contributed by atoms with E-state index in [1.807, 2.05) is 66.7 Å². The Morgan fingerprint density at radius 3 is 2.25 bits per heavy atom. The van der Waals surface area contributed by atoms with Gasteiger partial charge >= 0.3 is 6.03 Å². The molecule has 0 saturated heterocycles. The molecule has 0 radical (unpaired) electrons. The number of hydrogen-bond donors (Lipinski definition) is 1. The summed E-state index contributed by atoms with van der Waals surface area (Å²) in [7, 11) is 0. The molecule has 1 unspecified atom stereocenters. The van der Waals surface area contributed by atoms with E-state index >= 15 is 0 Å². The monoisotopic (exact) mass is 558 g/mol. The maximum absolute atomic E-state index is 15.0. The minimum absolute atomic E-state index is 0.0233. The number of anilines is 1. The lowest BCUT2D eigenvalue weighted by Crippen LogP contribution is -2.48. The van der Waals surface area contributed by atoms with Gasteiger partial charge in [-0.3, -0.25) is 4.84 Å². The van der Waals surface area contributed by atoms with Crippen molar-refractivity contribution in [2.75, 3.05) is 11.6 Å². The molecule has 1 aliphatic heterocycles. The van der Waals surface area contributed by atoms with Crippen LogP contribution in [0.1, 0.15) is 29.5 Å². The van der Waals surface area contributed by atoms with E-state index < -0.39 is 22.5 Å². The Balaban J connectivity index is 1.62. The number of thioether (sulfide) groups is 1. The molecular weight excluding hydrogens is 530 g/mol. The smallest absolute Gasteiger partial charge is 0.330 e. The molecule has 1 aliphatic rings. The Hall–Kier alpha value is -4.05. The molecule has 0 spiro atoms. The normalized spacial score (nSPS) is 16.6. The van der Waals surface area contributed by atoms with Crippen molar-refractivity contribution in [2.24, 2.45) is 10.8 Å². The number of urea groups is 1. The van der Waals surface area contributed by atoms with Crippen LogP contribution in [0.3, 0.4) is 0 Å². The van der Waals surface area contributed by atoms with E-state index in [4.69, 9.17) is 10.6 Å². The molecule has 0 bridgehead atoms. The van der Waals surface area contributed by atoms with Crippen LogP contribution in [-0.4, -0.2) is 22.6 Å². The van der Waals surface area contributed by atoms with E-state index in [0.717, 1.165) is 29.3 Å². The standard InChI is InChI=1S/C31H28F2N4O2S/c32-25-17-18-28(33)27(21-25)29-35-37(31(40-29,19-10-20-34)24-13-6-2-7-14-24)30(38)36(26-15-8-3-9-16-26)39-22-23-11-4-1-5-12-23/h1-9,11-18,21H,10,19-20,22,34H2. The van der Waals surface area contributed by atoms with Crippen LogP contribution in [0.4, 0.5) is 19.3 Å². The second kappa shape index (κ2) is 12.4. The number of benzene rings is 4. The first kappa shape index (κ1) is 27.5. The van der Waals surface area contributed by atoms with Crippen LogP contribution in [0.5, 0.6) is 0 Å². The van der Waals surface area contributed by atoms with Crippen molar-refractivity contribution in [1.82, 2.24) is 5.01 Å². The Bertz CT molecular complexity index is 1470. The van der Waals surface area contributed by atoms with Crippen molar-refractivity contribution in [2.45, 2.75) is 24.3 Å². The van der Waals surface area contributed by atoms with Crippen LogP contribution in [0.25, 0.3) is 0 Å². The van der Waals surface area contributed by atoms with Gasteiger partial charge in [-0.25, -0.2) is 13.6 Å². The summed E-state index contributed by atoms with van der Waals surface area (Å²) in [6.45, 7) is 0.492. The third-order valence-electron chi connectivity index (χ3n) is 6.45. The van der Waals surface area contributed by atoms with Gasteiger partial charge in [-0.1, -0.05) is 90.6 Å². The highest BCUT2D eigenvalue weighted by Gasteiger charge is 2.50. The van der Waals surface area contributed by atoms with Crippen molar-refractivity contribution in [1.29, 1.82) is 0 Å². The first-order valence-electron chi connectivity index (χ1n) is 12.9. The van der Waals surface area contributed by atoms with E-state index in [9.17, 15) is 13.6 Å². The average Bonchev–Trinajstić information content (AvgIpc) is 3.39. The summed E-state index contributed by atoms with van der Waals surface area (Å²) in [5.74, 6) is -1.24. The highest BCUT2D eigenvalue weighted by Crippen LogP contribution is 2.51. The lowest BCUT2D eigenvalue weighted by Gasteiger charge is -2.38. The molecule has 0 saturated carbocycles. The van der Waals surface area contributed by atoms with Crippen LogP contribution in [-0.2, 0) is 16.3 Å². The number of hydroxylamine groups is 1. The zero-order valence-electron chi connectivity index (χ0n) is 21.6. The van der Waals surface area contributed by atoms with Crippen LogP contribution in [0.2, 0.25) is 0 Å². The number of hydrazone groups is 1.